The largest absolute Gasteiger partial charge is 0.370 e. The van der Waals surface area contributed by atoms with Crippen LogP contribution < -0.4 is 16.0 Å². The Morgan fingerprint density at radius 1 is 1.06 bits per heavy atom. The first-order chi connectivity index (χ1) is 15.1. The fourth-order valence-electron chi connectivity index (χ4n) is 5.07. The molecule has 6 heteroatoms. The Hall–Kier alpha value is -3.02. The highest BCUT2D eigenvalue weighted by Crippen LogP contribution is 2.37. The number of amides is 2. The normalized spacial score (nSPS) is 24.5. The van der Waals surface area contributed by atoms with E-state index in [1.54, 1.807) is 0 Å². The third-order valence-corrected chi connectivity index (χ3v) is 6.81. The average Bonchev–Trinajstić information content (AvgIpc) is 3.29. The van der Waals surface area contributed by atoms with E-state index in [4.69, 9.17) is 4.99 Å². The second kappa shape index (κ2) is 8.25. The van der Waals surface area contributed by atoms with Crippen LogP contribution in [0.4, 0.5) is 21.9 Å². The highest BCUT2D eigenvalue weighted by atomic mass is 16.2. The van der Waals surface area contributed by atoms with E-state index in [2.05, 4.69) is 28.1 Å². The van der Waals surface area contributed by atoms with Gasteiger partial charge in [-0.2, -0.15) is 0 Å². The summed E-state index contributed by atoms with van der Waals surface area (Å²) in [5.41, 5.74) is 3.70. The summed E-state index contributed by atoms with van der Waals surface area (Å²) in [5.74, 6) is 0.992. The van der Waals surface area contributed by atoms with Crippen LogP contribution in [0.2, 0.25) is 0 Å². The van der Waals surface area contributed by atoms with Crippen molar-refractivity contribution < 1.29 is 4.79 Å². The number of para-hydroxylation sites is 3. The zero-order valence-electron chi connectivity index (χ0n) is 18.2. The molecule has 1 aliphatic carbocycles. The monoisotopic (exact) mass is 417 g/mol. The molecule has 2 heterocycles. The van der Waals surface area contributed by atoms with Gasteiger partial charge in [0.25, 0.3) is 0 Å². The van der Waals surface area contributed by atoms with Gasteiger partial charge in [0.2, 0.25) is 0 Å². The van der Waals surface area contributed by atoms with E-state index < -0.39 is 0 Å². The van der Waals surface area contributed by atoms with Crippen LogP contribution in [0.15, 0.2) is 53.5 Å². The van der Waals surface area contributed by atoms with E-state index in [1.165, 1.54) is 12.8 Å². The second-order valence-corrected chi connectivity index (χ2v) is 9.06. The molecule has 1 spiro atoms. The number of hydrogen-bond acceptors (Lipinski definition) is 3. The number of carbonyl (C=O) groups is 1. The Balaban J connectivity index is 1.42. The second-order valence-electron chi connectivity index (χ2n) is 9.06. The van der Waals surface area contributed by atoms with Crippen LogP contribution in [0.3, 0.4) is 0 Å². The number of nitrogens with one attached hydrogen (secondary N) is 3. The van der Waals surface area contributed by atoms with E-state index in [0.717, 1.165) is 60.7 Å². The van der Waals surface area contributed by atoms with Crippen molar-refractivity contribution in [1.29, 1.82) is 0 Å². The molecule has 1 unspecified atom stereocenters. The van der Waals surface area contributed by atoms with Gasteiger partial charge in [-0.3, -0.25) is 4.99 Å². The Labute approximate surface area is 184 Å². The van der Waals surface area contributed by atoms with Crippen molar-refractivity contribution in [2.24, 2.45) is 4.99 Å². The first kappa shape index (κ1) is 19.9. The van der Waals surface area contributed by atoms with E-state index in [-0.39, 0.29) is 11.6 Å². The van der Waals surface area contributed by atoms with Gasteiger partial charge >= 0.3 is 6.03 Å². The fourth-order valence-corrected chi connectivity index (χ4v) is 5.07. The van der Waals surface area contributed by atoms with Gasteiger partial charge in [-0.05, 0) is 56.4 Å². The van der Waals surface area contributed by atoms with Crippen molar-refractivity contribution in [1.82, 2.24) is 4.90 Å². The molecule has 31 heavy (non-hydrogen) atoms. The molecule has 0 aromatic heterocycles. The van der Waals surface area contributed by atoms with Crippen LogP contribution in [0.25, 0.3) is 0 Å². The van der Waals surface area contributed by atoms with Crippen molar-refractivity contribution in [3.05, 3.63) is 54.1 Å². The van der Waals surface area contributed by atoms with E-state index in [1.807, 2.05) is 48.2 Å². The van der Waals surface area contributed by atoms with Gasteiger partial charge in [0, 0.05) is 12.2 Å². The van der Waals surface area contributed by atoms with E-state index >= 15 is 0 Å². The molecule has 162 valence electrons. The van der Waals surface area contributed by atoms with Gasteiger partial charge < -0.3 is 20.9 Å². The Morgan fingerprint density at radius 2 is 1.81 bits per heavy atom. The standard InChI is InChI=1S/C25H31N5O/c1-18-9-2-5-12-20(18)28-24(31)30-16-8-15-25(17-30)23(26-19-10-3-4-11-19)27-21-13-6-7-14-22(21)29-25/h2,5-7,9,12-14,19,29H,3-4,8,10-11,15-17H2,1H3,(H,26,27)(H,28,31). The molecular formula is C25H31N5O. The minimum Gasteiger partial charge on any atom is -0.370 e. The number of benzene rings is 2. The molecule has 2 aromatic rings. The van der Waals surface area contributed by atoms with Gasteiger partial charge in [-0.25, -0.2) is 4.79 Å². The quantitative estimate of drug-likeness (QED) is 0.626. The maximum Gasteiger partial charge on any atom is 0.321 e. The minimum absolute atomic E-state index is 0.0470. The Bertz CT molecular complexity index is 997. The lowest BCUT2D eigenvalue weighted by molar-refractivity contribution is 0.187. The maximum atomic E-state index is 13.2. The molecule has 5 rings (SSSR count). The zero-order valence-corrected chi connectivity index (χ0v) is 18.2. The van der Waals surface area contributed by atoms with Gasteiger partial charge in [-0.1, -0.05) is 43.2 Å². The molecule has 2 amide bonds. The molecule has 0 bridgehead atoms. The number of hydrogen-bond donors (Lipinski definition) is 3. The molecular weight excluding hydrogens is 386 g/mol. The molecule has 1 atom stereocenters. The Morgan fingerprint density at radius 3 is 2.61 bits per heavy atom. The van der Waals surface area contributed by atoms with Crippen molar-refractivity contribution in [3.8, 4) is 0 Å². The first-order valence-corrected chi connectivity index (χ1v) is 11.5. The Kier molecular flexibility index (Phi) is 5.30. The summed E-state index contributed by atoms with van der Waals surface area (Å²) in [4.78, 5) is 20.3. The summed E-state index contributed by atoms with van der Waals surface area (Å²) >= 11 is 0. The fraction of sp³-hybridized carbons (Fsp3) is 0.440. The number of urea groups is 1. The molecule has 0 radical (unpaired) electrons. The van der Waals surface area contributed by atoms with Crippen LogP contribution >= 0.6 is 0 Å². The number of fused-ring (bicyclic) bond motifs is 1. The number of carbonyl (C=O) groups excluding carboxylic acids is 1. The van der Waals surface area contributed by atoms with E-state index in [0.29, 0.717) is 12.6 Å². The number of rotatable bonds is 2. The topological polar surface area (TPSA) is 68.8 Å². The number of aliphatic imine (C=N–C) groups is 1. The first-order valence-electron chi connectivity index (χ1n) is 11.5. The van der Waals surface area contributed by atoms with Crippen molar-refractivity contribution >= 4 is 28.9 Å². The number of likely N-dealkylation sites (tertiary alicyclic amines) is 1. The highest BCUT2D eigenvalue weighted by Gasteiger charge is 2.45. The highest BCUT2D eigenvalue weighted by molar-refractivity contribution is 6.10. The predicted molar refractivity (Wildman–Crippen MR) is 127 cm³/mol. The number of aryl methyl sites for hydroxylation is 1. The van der Waals surface area contributed by atoms with Crippen LogP contribution in [0.5, 0.6) is 0 Å². The van der Waals surface area contributed by atoms with Crippen LogP contribution in [-0.2, 0) is 0 Å². The predicted octanol–water partition coefficient (Wildman–Crippen LogP) is 5.24. The minimum atomic E-state index is -0.377. The molecule has 3 aliphatic rings. The van der Waals surface area contributed by atoms with Crippen molar-refractivity contribution in [3.63, 3.8) is 0 Å². The summed E-state index contributed by atoms with van der Waals surface area (Å²) in [6, 6.07) is 16.5. The summed E-state index contributed by atoms with van der Waals surface area (Å²) in [6.07, 6.45) is 6.70. The summed E-state index contributed by atoms with van der Waals surface area (Å²) < 4.78 is 0. The van der Waals surface area contributed by atoms with Gasteiger partial charge in [0.05, 0.1) is 24.0 Å². The number of piperidine rings is 1. The zero-order chi connectivity index (χ0) is 21.3. The van der Waals surface area contributed by atoms with Crippen molar-refractivity contribution in [2.75, 3.05) is 29.0 Å². The smallest absolute Gasteiger partial charge is 0.321 e. The lowest BCUT2D eigenvalue weighted by Crippen LogP contribution is -2.63. The van der Waals surface area contributed by atoms with Crippen LogP contribution in [0.1, 0.15) is 44.1 Å². The van der Waals surface area contributed by atoms with Crippen molar-refractivity contribution in [2.45, 2.75) is 57.0 Å². The van der Waals surface area contributed by atoms with Gasteiger partial charge in [0.1, 0.15) is 11.4 Å². The number of anilines is 3. The van der Waals surface area contributed by atoms with Gasteiger partial charge in [0.15, 0.2) is 0 Å². The number of amidine groups is 1. The lowest BCUT2D eigenvalue weighted by atomic mass is 9.85. The van der Waals surface area contributed by atoms with Crippen LogP contribution in [0, 0.1) is 6.92 Å². The molecule has 2 aliphatic heterocycles. The van der Waals surface area contributed by atoms with Gasteiger partial charge in [-0.15, -0.1) is 0 Å². The maximum absolute atomic E-state index is 13.2. The molecule has 2 fully saturated rings. The van der Waals surface area contributed by atoms with E-state index in [9.17, 15) is 4.79 Å². The molecule has 2 aromatic carbocycles. The molecule has 1 saturated heterocycles. The third kappa shape index (κ3) is 3.99. The third-order valence-electron chi connectivity index (χ3n) is 6.81. The van der Waals surface area contributed by atoms with Crippen LogP contribution in [-0.4, -0.2) is 41.4 Å². The summed E-state index contributed by atoms with van der Waals surface area (Å²) in [6.45, 7) is 3.36. The molecule has 3 N–H and O–H groups in total. The average molecular weight is 418 g/mol. The number of nitrogens with zero attached hydrogens (tertiary/aromatic N) is 2. The lowest BCUT2D eigenvalue weighted by Gasteiger charge is -2.47. The summed E-state index contributed by atoms with van der Waals surface area (Å²) in [5, 5.41) is 10.5. The summed E-state index contributed by atoms with van der Waals surface area (Å²) in [7, 11) is 0. The SMILES string of the molecule is Cc1ccccc1NC(=O)N1CCCC2(C1)Nc1ccccc1NC2=NC1CCCC1. The molecule has 6 nitrogen and oxygen atoms in total. The molecule has 1 saturated carbocycles.